The average molecular weight is 264 g/mol. The number of aliphatic hydroxyl groups excluding tert-OH is 1. The van der Waals surface area contributed by atoms with Crippen molar-refractivity contribution in [2.75, 3.05) is 12.3 Å². The highest BCUT2D eigenvalue weighted by Gasteiger charge is 2.53. The lowest BCUT2D eigenvalue weighted by atomic mass is 9.81. The first-order valence-electron chi connectivity index (χ1n) is 6.48. The zero-order valence-corrected chi connectivity index (χ0v) is 11.9. The van der Waals surface area contributed by atoms with Crippen LogP contribution in [0.25, 0.3) is 0 Å². The standard InChI is InChI=1S/C13H21BN2O3/c1-12(2)13(3,4)19-14(18-12)11-10(15)9(6-8-17)5-7-16-11/h5,7,17H,6,8,15H2,1-4H3. The molecular weight excluding hydrogens is 243 g/mol. The molecule has 0 amide bonds. The number of pyridine rings is 1. The van der Waals surface area contributed by atoms with Crippen molar-refractivity contribution in [3.8, 4) is 0 Å². The molecule has 1 fully saturated rings. The van der Waals surface area contributed by atoms with Crippen LogP contribution >= 0.6 is 0 Å². The maximum absolute atomic E-state index is 9.03. The Hall–Kier alpha value is -1.11. The lowest BCUT2D eigenvalue weighted by molar-refractivity contribution is 0.00578. The molecule has 6 heteroatoms. The van der Waals surface area contributed by atoms with E-state index >= 15 is 0 Å². The maximum atomic E-state index is 9.03. The van der Waals surface area contributed by atoms with E-state index in [9.17, 15) is 0 Å². The van der Waals surface area contributed by atoms with E-state index in [2.05, 4.69) is 4.98 Å². The molecule has 0 aliphatic carbocycles. The van der Waals surface area contributed by atoms with Crippen LogP contribution in [0.3, 0.4) is 0 Å². The quantitative estimate of drug-likeness (QED) is 0.777. The van der Waals surface area contributed by atoms with Gasteiger partial charge in [-0.3, -0.25) is 4.98 Å². The summed E-state index contributed by atoms with van der Waals surface area (Å²) in [6.45, 7) is 8.00. The Balaban J connectivity index is 2.32. The number of aliphatic hydroxyl groups is 1. The van der Waals surface area contributed by atoms with Gasteiger partial charge in [0.2, 0.25) is 0 Å². The first kappa shape index (κ1) is 14.3. The highest BCUT2D eigenvalue weighted by molar-refractivity contribution is 6.62. The van der Waals surface area contributed by atoms with E-state index in [1.165, 1.54) is 0 Å². The Morgan fingerprint density at radius 2 is 1.84 bits per heavy atom. The largest absolute Gasteiger partial charge is 0.516 e. The average Bonchev–Trinajstić information content (AvgIpc) is 2.51. The predicted octanol–water partition coefficient (Wildman–Crippen LogP) is 0.498. The van der Waals surface area contributed by atoms with Crippen molar-refractivity contribution in [1.82, 2.24) is 4.98 Å². The molecule has 0 aromatic carbocycles. The lowest BCUT2D eigenvalue weighted by Crippen LogP contribution is -2.41. The molecule has 1 aliphatic heterocycles. The monoisotopic (exact) mass is 264 g/mol. The Kier molecular flexibility index (Phi) is 3.60. The minimum Gasteiger partial charge on any atom is -0.398 e. The number of hydrogen-bond donors (Lipinski definition) is 2. The van der Waals surface area contributed by atoms with Crippen molar-refractivity contribution >= 4 is 18.4 Å². The number of anilines is 1. The third-order valence-electron chi connectivity index (χ3n) is 3.97. The van der Waals surface area contributed by atoms with Crippen molar-refractivity contribution in [2.45, 2.75) is 45.3 Å². The number of nitrogen functional groups attached to an aromatic ring is 1. The number of rotatable bonds is 3. The first-order valence-corrected chi connectivity index (χ1v) is 6.48. The van der Waals surface area contributed by atoms with Gasteiger partial charge in [-0.1, -0.05) is 0 Å². The molecule has 2 heterocycles. The van der Waals surface area contributed by atoms with Crippen molar-refractivity contribution in [3.05, 3.63) is 17.8 Å². The van der Waals surface area contributed by atoms with E-state index in [4.69, 9.17) is 20.1 Å². The topological polar surface area (TPSA) is 77.6 Å². The second kappa shape index (κ2) is 4.78. The van der Waals surface area contributed by atoms with Crippen LogP contribution in [0.1, 0.15) is 33.3 Å². The Morgan fingerprint density at radius 3 is 2.37 bits per heavy atom. The van der Waals surface area contributed by atoms with Gasteiger partial charge in [0.15, 0.2) is 0 Å². The van der Waals surface area contributed by atoms with E-state index in [0.717, 1.165) is 5.56 Å². The SMILES string of the molecule is CC1(C)OB(c2nccc(CCO)c2N)OC1(C)C. The fourth-order valence-corrected chi connectivity index (χ4v) is 2.01. The summed E-state index contributed by atoms with van der Waals surface area (Å²) in [5, 5.41) is 9.03. The molecule has 0 saturated carbocycles. The first-order chi connectivity index (χ1) is 8.78. The summed E-state index contributed by atoms with van der Waals surface area (Å²) >= 11 is 0. The van der Waals surface area contributed by atoms with E-state index in [1.54, 1.807) is 12.3 Å². The summed E-state index contributed by atoms with van der Waals surface area (Å²) in [5.41, 5.74) is 7.24. The summed E-state index contributed by atoms with van der Waals surface area (Å²) in [6, 6.07) is 1.81. The molecule has 0 bridgehead atoms. The molecule has 2 rings (SSSR count). The van der Waals surface area contributed by atoms with Gasteiger partial charge in [0.1, 0.15) is 0 Å². The highest BCUT2D eigenvalue weighted by Crippen LogP contribution is 2.36. The van der Waals surface area contributed by atoms with Gasteiger partial charge in [0, 0.05) is 12.8 Å². The summed E-state index contributed by atoms with van der Waals surface area (Å²) in [7, 11) is -0.566. The van der Waals surface area contributed by atoms with Crippen LogP contribution < -0.4 is 11.3 Å². The summed E-state index contributed by atoms with van der Waals surface area (Å²) in [6.07, 6.45) is 2.17. The number of nitrogens with zero attached hydrogens (tertiary/aromatic N) is 1. The van der Waals surface area contributed by atoms with Crippen LogP contribution in [0.4, 0.5) is 5.69 Å². The molecule has 0 unspecified atom stereocenters. The van der Waals surface area contributed by atoms with Gasteiger partial charge in [0.05, 0.1) is 22.5 Å². The fourth-order valence-electron chi connectivity index (χ4n) is 2.01. The Bertz CT molecular complexity index is 461. The molecular formula is C13H21BN2O3. The predicted molar refractivity (Wildman–Crippen MR) is 75.2 cm³/mol. The highest BCUT2D eigenvalue weighted by atomic mass is 16.7. The smallest absolute Gasteiger partial charge is 0.398 e. The van der Waals surface area contributed by atoms with E-state index in [0.29, 0.717) is 17.7 Å². The lowest BCUT2D eigenvalue weighted by Gasteiger charge is -2.32. The minimum absolute atomic E-state index is 0.0526. The Labute approximate surface area is 114 Å². The third kappa shape index (κ3) is 2.48. The Morgan fingerprint density at radius 1 is 1.26 bits per heavy atom. The molecule has 0 radical (unpaired) electrons. The molecule has 1 aromatic rings. The molecule has 104 valence electrons. The van der Waals surface area contributed by atoms with Gasteiger partial charge in [0.25, 0.3) is 0 Å². The molecule has 19 heavy (non-hydrogen) atoms. The van der Waals surface area contributed by atoms with Crippen LogP contribution in [0.15, 0.2) is 12.3 Å². The van der Waals surface area contributed by atoms with Gasteiger partial charge < -0.3 is 20.1 Å². The van der Waals surface area contributed by atoms with Crippen LogP contribution in [-0.2, 0) is 15.7 Å². The molecule has 1 aliphatic rings. The van der Waals surface area contributed by atoms with E-state index in [-0.39, 0.29) is 6.61 Å². The van der Waals surface area contributed by atoms with Gasteiger partial charge in [-0.25, -0.2) is 0 Å². The maximum Gasteiger partial charge on any atom is 0.516 e. The van der Waals surface area contributed by atoms with Crippen LogP contribution in [0.2, 0.25) is 0 Å². The molecule has 3 N–H and O–H groups in total. The summed E-state index contributed by atoms with van der Waals surface area (Å²) in [5.74, 6) is 0. The van der Waals surface area contributed by atoms with Crippen LogP contribution in [-0.4, -0.2) is 35.0 Å². The van der Waals surface area contributed by atoms with Crippen molar-refractivity contribution in [2.24, 2.45) is 0 Å². The van der Waals surface area contributed by atoms with Crippen LogP contribution in [0.5, 0.6) is 0 Å². The molecule has 0 atom stereocenters. The zero-order valence-electron chi connectivity index (χ0n) is 11.9. The van der Waals surface area contributed by atoms with Gasteiger partial charge >= 0.3 is 7.12 Å². The van der Waals surface area contributed by atoms with E-state index < -0.39 is 18.3 Å². The van der Waals surface area contributed by atoms with E-state index in [1.807, 2.05) is 27.7 Å². The fraction of sp³-hybridized carbons (Fsp3) is 0.615. The summed E-state index contributed by atoms with van der Waals surface area (Å²) < 4.78 is 11.9. The number of nitrogens with two attached hydrogens (primary N) is 1. The van der Waals surface area contributed by atoms with Crippen molar-refractivity contribution < 1.29 is 14.4 Å². The van der Waals surface area contributed by atoms with Gasteiger partial charge in [-0.2, -0.15) is 0 Å². The normalized spacial score (nSPS) is 20.8. The summed E-state index contributed by atoms with van der Waals surface area (Å²) in [4.78, 5) is 4.28. The second-order valence-electron chi connectivity index (χ2n) is 5.83. The van der Waals surface area contributed by atoms with Crippen LogP contribution in [0, 0.1) is 0 Å². The van der Waals surface area contributed by atoms with Gasteiger partial charge in [-0.15, -0.1) is 0 Å². The molecule has 5 nitrogen and oxygen atoms in total. The van der Waals surface area contributed by atoms with Gasteiger partial charge in [-0.05, 0) is 45.7 Å². The zero-order chi connectivity index (χ0) is 14.3. The molecule has 1 saturated heterocycles. The number of aromatic nitrogens is 1. The second-order valence-corrected chi connectivity index (χ2v) is 5.83. The van der Waals surface area contributed by atoms with Crippen molar-refractivity contribution in [3.63, 3.8) is 0 Å². The molecule has 1 aromatic heterocycles. The minimum atomic E-state index is -0.566. The third-order valence-corrected chi connectivity index (χ3v) is 3.97. The van der Waals surface area contributed by atoms with Crippen molar-refractivity contribution in [1.29, 1.82) is 0 Å². The number of hydrogen-bond acceptors (Lipinski definition) is 5. The molecule has 0 spiro atoms.